The molecule has 0 N–H and O–H groups in total. The minimum atomic E-state index is 0.102. The van der Waals surface area contributed by atoms with Crippen molar-refractivity contribution in [3.8, 4) is 18.4 Å². The summed E-state index contributed by atoms with van der Waals surface area (Å²) in [5.74, 6) is 3.56. The second kappa shape index (κ2) is 9.42. The van der Waals surface area contributed by atoms with Crippen LogP contribution < -0.4 is 0 Å². The van der Waals surface area contributed by atoms with Crippen LogP contribution >= 0.6 is 0 Å². The fraction of sp³-hybridized carbons (Fsp3) is 0.765. The van der Waals surface area contributed by atoms with Crippen LogP contribution in [-0.4, -0.2) is 48.4 Å². The lowest BCUT2D eigenvalue weighted by molar-refractivity contribution is -0.137. The van der Waals surface area contributed by atoms with E-state index in [1.807, 2.05) is 4.90 Å². The highest BCUT2D eigenvalue weighted by Gasteiger charge is 2.28. The van der Waals surface area contributed by atoms with Crippen LogP contribution in [0.1, 0.15) is 39.5 Å². The maximum absolute atomic E-state index is 12.6. The molecule has 0 spiro atoms. The molecule has 1 amide bonds. The molecule has 1 aliphatic heterocycles. The van der Waals surface area contributed by atoms with E-state index < -0.39 is 0 Å². The Hall–Kier alpha value is -1.52. The van der Waals surface area contributed by atoms with Crippen molar-refractivity contribution in [1.82, 2.24) is 9.80 Å². The Labute approximate surface area is 129 Å². The van der Waals surface area contributed by atoms with Gasteiger partial charge in [-0.05, 0) is 38.3 Å². The van der Waals surface area contributed by atoms with Gasteiger partial charge in [-0.1, -0.05) is 19.8 Å². The van der Waals surface area contributed by atoms with Gasteiger partial charge in [-0.2, -0.15) is 5.26 Å². The summed E-state index contributed by atoms with van der Waals surface area (Å²) in [5.41, 5.74) is 0. The van der Waals surface area contributed by atoms with E-state index >= 15 is 0 Å². The summed E-state index contributed by atoms with van der Waals surface area (Å²) < 4.78 is 0. The van der Waals surface area contributed by atoms with E-state index in [4.69, 9.17) is 11.7 Å². The molecule has 1 aliphatic rings. The summed E-state index contributed by atoms with van der Waals surface area (Å²) in [6.07, 6.45) is 8.50. The molecule has 4 nitrogen and oxygen atoms in total. The van der Waals surface area contributed by atoms with Crippen LogP contribution in [-0.2, 0) is 4.79 Å². The quantitative estimate of drug-likeness (QED) is 0.675. The summed E-state index contributed by atoms with van der Waals surface area (Å²) in [7, 11) is 0. The Bertz CT molecular complexity index is 397. The van der Waals surface area contributed by atoms with Crippen molar-refractivity contribution < 1.29 is 4.79 Å². The summed E-state index contributed by atoms with van der Waals surface area (Å²) in [6, 6.07) is 2.14. The first-order valence-corrected chi connectivity index (χ1v) is 7.90. The lowest BCUT2D eigenvalue weighted by Gasteiger charge is -2.33. The van der Waals surface area contributed by atoms with Gasteiger partial charge in [0.15, 0.2) is 0 Å². The fourth-order valence-electron chi connectivity index (χ4n) is 2.66. The van der Waals surface area contributed by atoms with E-state index in [-0.39, 0.29) is 11.8 Å². The van der Waals surface area contributed by atoms with E-state index in [1.54, 1.807) is 0 Å². The van der Waals surface area contributed by atoms with Crippen LogP contribution in [0.3, 0.4) is 0 Å². The summed E-state index contributed by atoms with van der Waals surface area (Å²) in [4.78, 5) is 16.8. The molecular weight excluding hydrogens is 262 g/mol. The molecular formula is C17H27N3O. The zero-order valence-electron chi connectivity index (χ0n) is 13.3. The third-order valence-corrected chi connectivity index (χ3v) is 4.03. The number of terminal acetylenes is 1. The minimum Gasteiger partial charge on any atom is -0.341 e. The van der Waals surface area contributed by atoms with Gasteiger partial charge in [-0.15, -0.1) is 6.42 Å². The largest absolute Gasteiger partial charge is 0.341 e. The monoisotopic (exact) mass is 289 g/mol. The van der Waals surface area contributed by atoms with Gasteiger partial charge in [-0.25, -0.2) is 0 Å². The van der Waals surface area contributed by atoms with Crippen LogP contribution in [0.25, 0.3) is 0 Å². The maximum atomic E-state index is 12.6. The third kappa shape index (κ3) is 6.19. The fourth-order valence-corrected chi connectivity index (χ4v) is 2.66. The number of carbonyl (C=O) groups is 1. The molecule has 116 valence electrons. The van der Waals surface area contributed by atoms with Gasteiger partial charge in [0.25, 0.3) is 0 Å². The van der Waals surface area contributed by atoms with Gasteiger partial charge in [0.1, 0.15) is 0 Å². The maximum Gasteiger partial charge on any atom is 0.225 e. The molecule has 0 aromatic carbocycles. The number of likely N-dealkylation sites (tertiary alicyclic amines) is 1. The molecule has 0 aromatic heterocycles. The number of amides is 1. The molecule has 0 atom stereocenters. The SMILES string of the molecule is C#CCN1CCC(C(=O)N(CCC#N)CCC(C)C)CC1. The molecule has 0 radical (unpaired) electrons. The molecule has 1 saturated heterocycles. The number of carbonyl (C=O) groups excluding carboxylic acids is 1. The Morgan fingerprint density at radius 2 is 2.05 bits per heavy atom. The Kier molecular flexibility index (Phi) is 7.87. The number of nitrogens with zero attached hydrogens (tertiary/aromatic N) is 3. The standard InChI is InChI=1S/C17H27N3O/c1-4-10-19-12-7-16(8-13-19)17(21)20(11-5-9-18)14-6-15(2)3/h1,15-16H,5-8,10-14H2,2-3H3. The van der Waals surface area contributed by atoms with E-state index in [2.05, 4.69) is 30.7 Å². The van der Waals surface area contributed by atoms with Crippen LogP contribution in [0.5, 0.6) is 0 Å². The predicted octanol–water partition coefficient (Wildman–Crippen LogP) is 2.12. The average molecular weight is 289 g/mol. The van der Waals surface area contributed by atoms with E-state index in [1.165, 1.54) is 0 Å². The molecule has 0 aromatic rings. The highest BCUT2D eigenvalue weighted by Crippen LogP contribution is 2.20. The summed E-state index contributed by atoms with van der Waals surface area (Å²) in [6.45, 7) is 8.12. The van der Waals surface area contributed by atoms with E-state index in [0.29, 0.717) is 25.4 Å². The molecule has 21 heavy (non-hydrogen) atoms. The lowest BCUT2D eigenvalue weighted by atomic mass is 9.95. The van der Waals surface area contributed by atoms with Gasteiger partial charge in [0, 0.05) is 19.0 Å². The van der Waals surface area contributed by atoms with Gasteiger partial charge in [0.2, 0.25) is 5.91 Å². The summed E-state index contributed by atoms with van der Waals surface area (Å²) in [5, 5.41) is 8.77. The minimum absolute atomic E-state index is 0.102. The Balaban J connectivity index is 2.51. The second-order valence-corrected chi connectivity index (χ2v) is 6.17. The molecule has 0 bridgehead atoms. The molecule has 1 heterocycles. The highest BCUT2D eigenvalue weighted by molar-refractivity contribution is 5.79. The molecule has 1 rings (SSSR count). The number of hydrogen-bond acceptors (Lipinski definition) is 3. The predicted molar refractivity (Wildman–Crippen MR) is 84.3 cm³/mol. The molecule has 0 saturated carbocycles. The second-order valence-electron chi connectivity index (χ2n) is 6.17. The van der Waals surface area contributed by atoms with Crippen molar-refractivity contribution in [1.29, 1.82) is 5.26 Å². The number of rotatable bonds is 7. The first kappa shape index (κ1) is 17.5. The number of nitriles is 1. The van der Waals surface area contributed by atoms with Gasteiger partial charge < -0.3 is 4.90 Å². The smallest absolute Gasteiger partial charge is 0.225 e. The van der Waals surface area contributed by atoms with Crippen LogP contribution in [0, 0.1) is 35.5 Å². The third-order valence-electron chi connectivity index (χ3n) is 4.03. The number of piperidine rings is 1. The first-order valence-electron chi connectivity index (χ1n) is 7.90. The molecule has 4 heteroatoms. The first-order chi connectivity index (χ1) is 10.1. The van der Waals surface area contributed by atoms with Crippen LogP contribution in [0.4, 0.5) is 0 Å². The van der Waals surface area contributed by atoms with Crippen molar-refractivity contribution in [3.05, 3.63) is 0 Å². The van der Waals surface area contributed by atoms with E-state index in [9.17, 15) is 4.79 Å². The Morgan fingerprint density at radius 3 is 2.57 bits per heavy atom. The van der Waals surface area contributed by atoms with Crippen molar-refractivity contribution >= 4 is 5.91 Å². The van der Waals surface area contributed by atoms with Crippen LogP contribution in [0.2, 0.25) is 0 Å². The zero-order valence-corrected chi connectivity index (χ0v) is 13.3. The normalized spacial score (nSPS) is 16.4. The lowest BCUT2D eigenvalue weighted by Crippen LogP contribution is -2.43. The zero-order chi connectivity index (χ0) is 15.7. The van der Waals surface area contributed by atoms with Crippen molar-refractivity contribution in [3.63, 3.8) is 0 Å². The topological polar surface area (TPSA) is 47.3 Å². The number of hydrogen-bond donors (Lipinski definition) is 0. The van der Waals surface area contributed by atoms with Crippen molar-refractivity contribution in [2.75, 3.05) is 32.7 Å². The Morgan fingerprint density at radius 1 is 1.38 bits per heavy atom. The van der Waals surface area contributed by atoms with Gasteiger partial charge in [-0.3, -0.25) is 9.69 Å². The van der Waals surface area contributed by atoms with Crippen molar-refractivity contribution in [2.45, 2.75) is 39.5 Å². The van der Waals surface area contributed by atoms with Gasteiger partial charge in [0.05, 0.1) is 19.0 Å². The molecule has 1 fully saturated rings. The highest BCUT2D eigenvalue weighted by atomic mass is 16.2. The average Bonchev–Trinajstić information content (AvgIpc) is 2.47. The van der Waals surface area contributed by atoms with E-state index in [0.717, 1.165) is 38.9 Å². The van der Waals surface area contributed by atoms with Gasteiger partial charge >= 0.3 is 0 Å². The molecule has 0 aliphatic carbocycles. The molecule has 0 unspecified atom stereocenters. The summed E-state index contributed by atoms with van der Waals surface area (Å²) >= 11 is 0. The van der Waals surface area contributed by atoms with Crippen molar-refractivity contribution in [2.24, 2.45) is 11.8 Å². The van der Waals surface area contributed by atoms with Crippen LogP contribution in [0.15, 0.2) is 0 Å².